The van der Waals surface area contributed by atoms with E-state index in [2.05, 4.69) is 6.82 Å². The molecular weight excluding hydrogens is 203 g/mol. The largest absolute Gasteiger partial charge is 0.120 e. The van der Waals surface area contributed by atoms with Crippen molar-refractivity contribution in [1.29, 1.82) is 0 Å². The molecule has 0 unspecified atom stereocenters. The molecule has 0 nitrogen and oxygen atoms in total. The molecule has 1 aliphatic rings. The highest BCUT2D eigenvalue weighted by atomic mass is 14.1. The lowest BCUT2D eigenvalue weighted by molar-refractivity contribution is 0.545. The Bertz CT molecular complexity index is 140. The number of hydrogen-bond acceptors (Lipinski definition) is 0. The molecule has 1 saturated carbocycles. The summed E-state index contributed by atoms with van der Waals surface area (Å²) >= 11 is 0. The van der Waals surface area contributed by atoms with Crippen molar-refractivity contribution in [3.63, 3.8) is 0 Å². The van der Waals surface area contributed by atoms with E-state index in [1.807, 2.05) is 0 Å². The quantitative estimate of drug-likeness (QED) is 0.509. The van der Waals surface area contributed by atoms with Crippen LogP contribution >= 0.6 is 0 Å². The van der Waals surface area contributed by atoms with Crippen molar-refractivity contribution < 1.29 is 0 Å². The third kappa shape index (κ3) is 8.74. The average Bonchev–Trinajstić information content (AvgIpc) is 2.36. The van der Waals surface area contributed by atoms with Crippen LogP contribution in [0.2, 0.25) is 12.6 Å². The summed E-state index contributed by atoms with van der Waals surface area (Å²) in [5.41, 5.74) is 0. The predicted molar refractivity (Wildman–Crippen MR) is 81.4 cm³/mol. The van der Waals surface area contributed by atoms with Gasteiger partial charge in [-0.1, -0.05) is 103 Å². The highest BCUT2D eigenvalue weighted by Crippen LogP contribution is 2.23. The van der Waals surface area contributed by atoms with Crippen molar-refractivity contribution in [3.05, 3.63) is 0 Å². The lowest BCUT2D eigenvalue weighted by Gasteiger charge is -2.13. The van der Waals surface area contributed by atoms with Crippen LogP contribution in [-0.2, 0) is 0 Å². The molecule has 1 aliphatic carbocycles. The minimum absolute atomic E-state index is 1.04. The minimum atomic E-state index is 1.04. The Kier molecular flexibility index (Phi) is 9.94. The van der Waals surface area contributed by atoms with Gasteiger partial charge in [0.1, 0.15) is 7.28 Å². The Labute approximate surface area is 110 Å². The maximum atomic E-state index is 2.39. The zero-order chi connectivity index (χ0) is 12.2. The fourth-order valence-corrected chi connectivity index (χ4v) is 3.19. The molecule has 1 fully saturated rings. The summed E-state index contributed by atoms with van der Waals surface area (Å²) in [6.45, 7) is 2.39. The molecule has 0 N–H and O–H groups in total. The van der Waals surface area contributed by atoms with Gasteiger partial charge in [-0.2, -0.15) is 0 Å². The maximum Gasteiger partial charge on any atom is 0.120 e. The van der Waals surface area contributed by atoms with Crippen LogP contribution in [0.3, 0.4) is 0 Å². The molecule has 17 heavy (non-hydrogen) atoms. The van der Waals surface area contributed by atoms with E-state index in [0.717, 1.165) is 5.82 Å². The monoisotopic (exact) mass is 236 g/mol. The van der Waals surface area contributed by atoms with Crippen molar-refractivity contribution >= 4 is 7.28 Å². The zero-order valence-corrected chi connectivity index (χ0v) is 12.2. The predicted octanol–water partition coefficient (Wildman–Crippen LogP) is 5.73. The summed E-state index contributed by atoms with van der Waals surface area (Å²) < 4.78 is 0. The Morgan fingerprint density at radius 1 is 0.529 bits per heavy atom. The van der Waals surface area contributed by atoms with E-state index in [-0.39, 0.29) is 0 Å². The van der Waals surface area contributed by atoms with Gasteiger partial charge in [-0.15, -0.1) is 0 Å². The smallest absolute Gasteiger partial charge is 0.0891 e. The second kappa shape index (κ2) is 11.2. The van der Waals surface area contributed by atoms with Gasteiger partial charge in [0.25, 0.3) is 0 Å². The van der Waals surface area contributed by atoms with Crippen LogP contribution in [-0.4, -0.2) is 7.28 Å². The summed E-state index contributed by atoms with van der Waals surface area (Å²) in [6, 6.07) is 0. The molecule has 100 valence electrons. The Hall–Kier alpha value is 0.0649. The van der Waals surface area contributed by atoms with Crippen LogP contribution < -0.4 is 0 Å². The van der Waals surface area contributed by atoms with Crippen molar-refractivity contribution in [2.24, 2.45) is 0 Å². The Balaban J connectivity index is 2.16. The molecule has 0 radical (unpaired) electrons. The molecule has 0 aromatic heterocycles. The SMILES string of the molecule is CBC1CCCCCCCCCCCCCC1. The van der Waals surface area contributed by atoms with E-state index in [9.17, 15) is 0 Å². The first-order valence-corrected chi connectivity index (χ1v) is 8.43. The van der Waals surface area contributed by atoms with Gasteiger partial charge in [-0.25, -0.2) is 0 Å². The lowest BCUT2D eigenvalue weighted by atomic mass is 9.63. The second-order valence-corrected chi connectivity index (χ2v) is 6.09. The molecule has 0 aromatic carbocycles. The van der Waals surface area contributed by atoms with Gasteiger partial charge in [-0.05, 0) is 0 Å². The summed E-state index contributed by atoms with van der Waals surface area (Å²) in [7, 11) is 1.42. The molecule has 0 bridgehead atoms. The molecule has 0 heterocycles. The highest BCUT2D eigenvalue weighted by molar-refractivity contribution is 6.35. The molecule has 0 saturated heterocycles. The van der Waals surface area contributed by atoms with Gasteiger partial charge in [0, 0.05) is 0 Å². The van der Waals surface area contributed by atoms with E-state index in [1.165, 1.54) is 97.2 Å². The molecule has 0 spiro atoms. The first-order chi connectivity index (χ1) is 8.43. The van der Waals surface area contributed by atoms with Gasteiger partial charge in [0.05, 0.1) is 0 Å². The van der Waals surface area contributed by atoms with Crippen molar-refractivity contribution in [2.45, 2.75) is 103 Å². The van der Waals surface area contributed by atoms with Gasteiger partial charge in [0.2, 0.25) is 0 Å². The zero-order valence-electron chi connectivity index (χ0n) is 12.2. The molecule has 0 atom stereocenters. The summed E-state index contributed by atoms with van der Waals surface area (Å²) in [5, 5.41) is 0. The van der Waals surface area contributed by atoms with Crippen LogP contribution in [0.4, 0.5) is 0 Å². The van der Waals surface area contributed by atoms with Crippen LogP contribution in [0, 0.1) is 0 Å². The fourth-order valence-electron chi connectivity index (χ4n) is 3.19. The van der Waals surface area contributed by atoms with Crippen LogP contribution in [0.5, 0.6) is 0 Å². The van der Waals surface area contributed by atoms with Gasteiger partial charge < -0.3 is 0 Å². The lowest BCUT2D eigenvalue weighted by Crippen LogP contribution is -2.00. The van der Waals surface area contributed by atoms with E-state index in [4.69, 9.17) is 0 Å². The van der Waals surface area contributed by atoms with Gasteiger partial charge in [-0.3, -0.25) is 0 Å². The number of hydrogen-bond donors (Lipinski definition) is 0. The maximum absolute atomic E-state index is 2.39. The normalized spacial score (nSPS) is 23.6. The first-order valence-electron chi connectivity index (χ1n) is 8.43. The van der Waals surface area contributed by atoms with Gasteiger partial charge in [0.15, 0.2) is 0 Å². The molecule has 1 heteroatoms. The van der Waals surface area contributed by atoms with Crippen molar-refractivity contribution in [3.8, 4) is 0 Å². The standard InChI is InChI=1S/C16H33B/c1-17-16-14-12-10-8-6-4-2-3-5-7-9-11-13-15-16/h16-17H,2-15H2,1H3. The van der Waals surface area contributed by atoms with Crippen LogP contribution in [0.25, 0.3) is 0 Å². The van der Waals surface area contributed by atoms with Gasteiger partial charge >= 0.3 is 0 Å². The van der Waals surface area contributed by atoms with Crippen LogP contribution in [0.1, 0.15) is 89.9 Å². The summed E-state index contributed by atoms with van der Waals surface area (Å²) in [5.74, 6) is 1.04. The topological polar surface area (TPSA) is 0 Å². The summed E-state index contributed by atoms with van der Waals surface area (Å²) in [6.07, 6.45) is 21.0. The Morgan fingerprint density at radius 3 is 1.12 bits per heavy atom. The second-order valence-electron chi connectivity index (χ2n) is 6.09. The first kappa shape index (κ1) is 15.1. The highest BCUT2D eigenvalue weighted by Gasteiger charge is 2.07. The Morgan fingerprint density at radius 2 is 0.824 bits per heavy atom. The van der Waals surface area contributed by atoms with E-state index < -0.39 is 0 Å². The molecule has 0 aliphatic heterocycles. The van der Waals surface area contributed by atoms with E-state index in [0.29, 0.717) is 0 Å². The molecule has 1 rings (SSSR count). The minimum Gasteiger partial charge on any atom is -0.0891 e. The third-order valence-electron chi connectivity index (χ3n) is 4.55. The fraction of sp³-hybridized carbons (Fsp3) is 1.00. The van der Waals surface area contributed by atoms with E-state index in [1.54, 1.807) is 0 Å². The number of rotatable bonds is 1. The van der Waals surface area contributed by atoms with Crippen LogP contribution in [0.15, 0.2) is 0 Å². The average molecular weight is 236 g/mol. The summed E-state index contributed by atoms with van der Waals surface area (Å²) in [4.78, 5) is 0. The molecule has 0 amide bonds. The molecule has 0 aromatic rings. The van der Waals surface area contributed by atoms with Crippen molar-refractivity contribution in [2.75, 3.05) is 0 Å². The van der Waals surface area contributed by atoms with Crippen molar-refractivity contribution in [1.82, 2.24) is 0 Å². The molecular formula is C16H33B. The van der Waals surface area contributed by atoms with E-state index >= 15 is 0 Å². The third-order valence-corrected chi connectivity index (χ3v) is 4.55.